The highest BCUT2D eigenvalue weighted by Crippen LogP contribution is 2.18. The van der Waals surface area contributed by atoms with E-state index >= 15 is 0 Å². The Bertz CT molecular complexity index is 349. The molecule has 0 spiro atoms. The minimum absolute atomic E-state index is 0.0210. The Morgan fingerprint density at radius 3 is 2.65 bits per heavy atom. The molecule has 4 nitrogen and oxygen atoms in total. The zero-order valence-corrected chi connectivity index (χ0v) is 9.76. The number of aliphatic hydroxyl groups is 1. The van der Waals surface area contributed by atoms with Crippen LogP contribution in [0.5, 0.6) is 5.75 Å². The molecule has 1 aromatic carbocycles. The van der Waals surface area contributed by atoms with Crippen molar-refractivity contribution < 1.29 is 19.7 Å². The second-order valence-electron chi connectivity index (χ2n) is 3.81. The average Bonchev–Trinajstić information content (AvgIpc) is 2.30. The molecule has 0 saturated heterocycles. The number of aliphatic hydroxyl groups excluding tert-OH is 1. The molecule has 1 aromatic rings. The molecule has 0 aromatic heterocycles. The molecule has 0 saturated carbocycles. The van der Waals surface area contributed by atoms with E-state index in [9.17, 15) is 4.79 Å². The van der Waals surface area contributed by atoms with Crippen LogP contribution in [0.4, 0.5) is 0 Å². The predicted octanol–water partition coefficient (Wildman–Crippen LogP) is 1.86. The van der Waals surface area contributed by atoms with Crippen LogP contribution in [0.3, 0.4) is 0 Å². The summed E-state index contributed by atoms with van der Waals surface area (Å²) in [7, 11) is 0. The predicted molar refractivity (Wildman–Crippen MR) is 64.2 cm³/mol. The fourth-order valence-corrected chi connectivity index (χ4v) is 1.53. The molecular formula is C13H18O4. The SMILES string of the molecule is O=C(O)Cc1ccccc1OCCCCCO. The summed E-state index contributed by atoms with van der Waals surface area (Å²) in [6.07, 6.45) is 2.53. The van der Waals surface area contributed by atoms with Gasteiger partial charge < -0.3 is 14.9 Å². The Morgan fingerprint density at radius 1 is 1.18 bits per heavy atom. The van der Waals surface area contributed by atoms with Gasteiger partial charge in [-0.15, -0.1) is 0 Å². The Balaban J connectivity index is 2.43. The Labute approximate surface area is 101 Å². The molecule has 17 heavy (non-hydrogen) atoms. The van der Waals surface area contributed by atoms with Gasteiger partial charge in [0.15, 0.2) is 0 Å². The lowest BCUT2D eigenvalue weighted by molar-refractivity contribution is -0.136. The van der Waals surface area contributed by atoms with Crippen LogP contribution >= 0.6 is 0 Å². The summed E-state index contributed by atoms with van der Waals surface area (Å²) in [6.45, 7) is 0.756. The fraction of sp³-hybridized carbons (Fsp3) is 0.462. The van der Waals surface area contributed by atoms with Crippen molar-refractivity contribution in [3.05, 3.63) is 29.8 Å². The number of hydrogen-bond donors (Lipinski definition) is 2. The largest absolute Gasteiger partial charge is 0.493 e. The first-order chi connectivity index (χ1) is 8.24. The standard InChI is InChI=1S/C13H18O4/c14-8-4-1-5-9-17-12-7-3-2-6-11(12)10-13(15)16/h2-3,6-7,14H,1,4-5,8-10H2,(H,15,16). The Morgan fingerprint density at radius 2 is 1.94 bits per heavy atom. The van der Waals surface area contributed by atoms with Gasteiger partial charge in [0.25, 0.3) is 0 Å². The average molecular weight is 238 g/mol. The minimum atomic E-state index is -0.860. The molecule has 0 unspecified atom stereocenters. The van der Waals surface area contributed by atoms with Crippen molar-refractivity contribution >= 4 is 5.97 Å². The zero-order chi connectivity index (χ0) is 12.5. The first-order valence-corrected chi connectivity index (χ1v) is 5.77. The first-order valence-electron chi connectivity index (χ1n) is 5.77. The highest BCUT2D eigenvalue weighted by atomic mass is 16.5. The number of unbranched alkanes of at least 4 members (excludes halogenated alkanes) is 2. The van der Waals surface area contributed by atoms with Crippen LogP contribution in [0.25, 0.3) is 0 Å². The van der Waals surface area contributed by atoms with Crippen molar-refractivity contribution in [1.29, 1.82) is 0 Å². The van der Waals surface area contributed by atoms with Crippen LogP contribution in [0.15, 0.2) is 24.3 Å². The van der Waals surface area contributed by atoms with Crippen molar-refractivity contribution in [1.82, 2.24) is 0 Å². The lowest BCUT2D eigenvalue weighted by Gasteiger charge is -2.09. The number of aliphatic carboxylic acids is 1. The second kappa shape index (κ2) is 7.68. The zero-order valence-electron chi connectivity index (χ0n) is 9.76. The van der Waals surface area contributed by atoms with Gasteiger partial charge in [-0.1, -0.05) is 18.2 Å². The molecule has 0 heterocycles. The summed E-state index contributed by atoms with van der Waals surface area (Å²) in [5.41, 5.74) is 0.696. The van der Waals surface area contributed by atoms with Crippen LogP contribution in [0, 0.1) is 0 Å². The maximum absolute atomic E-state index is 10.7. The van der Waals surface area contributed by atoms with Crippen LogP contribution in [-0.4, -0.2) is 29.4 Å². The molecule has 2 N–H and O–H groups in total. The third-order valence-electron chi connectivity index (χ3n) is 2.37. The van der Waals surface area contributed by atoms with Crippen molar-refractivity contribution in [2.24, 2.45) is 0 Å². The third kappa shape index (κ3) is 5.36. The van der Waals surface area contributed by atoms with E-state index < -0.39 is 5.97 Å². The molecule has 94 valence electrons. The molecule has 0 aliphatic carbocycles. The summed E-state index contributed by atoms with van der Waals surface area (Å²) >= 11 is 0. The monoisotopic (exact) mass is 238 g/mol. The Hall–Kier alpha value is -1.55. The van der Waals surface area contributed by atoms with Gasteiger partial charge in [0.1, 0.15) is 5.75 Å². The number of benzene rings is 1. The third-order valence-corrected chi connectivity index (χ3v) is 2.37. The second-order valence-corrected chi connectivity index (χ2v) is 3.81. The van der Waals surface area contributed by atoms with Crippen LogP contribution in [0.1, 0.15) is 24.8 Å². The number of ether oxygens (including phenoxy) is 1. The fourth-order valence-electron chi connectivity index (χ4n) is 1.53. The normalized spacial score (nSPS) is 10.2. The van der Waals surface area contributed by atoms with Gasteiger partial charge in [0.2, 0.25) is 0 Å². The summed E-state index contributed by atoms with van der Waals surface area (Å²) in [6, 6.07) is 7.17. The lowest BCUT2D eigenvalue weighted by Crippen LogP contribution is -2.05. The molecule has 0 fully saturated rings. The highest BCUT2D eigenvalue weighted by molar-refractivity contribution is 5.71. The minimum Gasteiger partial charge on any atom is -0.493 e. The molecular weight excluding hydrogens is 220 g/mol. The van der Waals surface area contributed by atoms with Crippen molar-refractivity contribution in [3.8, 4) is 5.75 Å². The van der Waals surface area contributed by atoms with Gasteiger partial charge in [0, 0.05) is 12.2 Å². The van der Waals surface area contributed by atoms with E-state index in [1.807, 2.05) is 6.07 Å². The van der Waals surface area contributed by atoms with E-state index in [4.69, 9.17) is 14.9 Å². The molecule has 0 aliphatic rings. The first kappa shape index (κ1) is 13.5. The number of carboxylic acids is 1. The number of para-hydroxylation sites is 1. The number of carbonyl (C=O) groups is 1. The van der Waals surface area contributed by atoms with Gasteiger partial charge in [-0.3, -0.25) is 4.79 Å². The van der Waals surface area contributed by atoms with Crippen LogP contribution in [0.2, 0.25) is 0 Å². The summed E-state index contributed by atoms with van der Waals surface area (Å²) in [5, 5.41) is 17.4. The van der Waals surface area contributed by atoms with Crippen LogP contribution < -0.4 is 4.74 Å². The molecule has 0 amide bonds. The highest BCUT2D eigenvalue weighted by Gasteiger charge is 2.06. The molecule has 0 radical (unpaired) electrons. The van der Waals surface area contributed by atoms with Gasteiger partial charge in [-0.05, 0) is 25.3 Å². The molecule has 0 atom stereocenters. The molecule has 4 heteroatoms. The number of hydrogen-bond acceptors (Lipinski definition) is 3. The number of carboxylic acid groups (broad SMARTS) is 1. The van der Waals surface area contributed by atoms with Crippen molar-refractivity contribution in [2.45, 2.75) is 25.7 Å². The number of rotatable bonds is 8. The summed E-state index contributed by atoms with van der Waals surface area (Å²) in [5.74, 6) is -0.222. The quantitative estimate of drug-likeness (QED) is 0.678. The van der Waals surface area contributed by atoms with E-state index in [1.165, 1.54) is 0 Å². The van der Waals surface area contributed by atoms with Gasteiger partial charge in [0.05, 0.1) is 13.0 Å². The summed E-state index contributed by atoms with van der Waals surface area (Å²) < 4.78 is 5.54. The van der Waals surface area contributed by atoms with Gasteiger partial charge in [-0.2, -0.15) is 0 Å². The maximum Gasteiger partial charge on any atom is 0.307 e. The van der Waals surface area contributed by atoms with E-state index in [0.717, 1.165) is 19.3 Å². The molecule has 0 aliphatic heterocycles. The van der Waals surface area contributed by atoms with E-state index in [0.29, 0.717) is 17.9 Å². The maximum atomic E-state index is 10.7. The molecule has 1 rings (SSSR count). The van der Waals surface area contributed by atoms with Crippen LogP contribution in [-0.2, 0) is 11.2 Å². The van der Waals surface area contributed by atoms with E-state index in [1.54, 1.807) is 18.2 Å². The Kier molecular flexibility index (Phi) is 6.10. The van der Waals surface area contributed by atoms with Crippen molar-refractivity contribution in [3.63, 3.8) is 0 Å². The van der Waals surface area contributed by atoms with Crippen molar-refractivity contribution in [2.75, 3.05) is 13.2 Å². The van der Waals surface area contributed by atoms with Gasteiger partial charge >= 0.3 is 5.97 Å². The topological polar surface area (TPSA) is 66.8 Å². The van der Waals surface area contributed by atoms with E-state index in [-0.39, 0.29) is 13.0 Å². The lowest BCUT2D eigenvalue weighted by atomic mass is 10.1. The summed E-state index contributed by atoms with van der Waals surface area (Å²) in [4.78, 5) is 10.7. The van der Waals surface area contributed by atoms with Gasteiger partial charge in [-0.25, -0.2) is 0 Å². The van der Waals surface area contributed by atoms with E-state index in [2.05, 4.69) is 0 Å². The smallest absolute Gasteiger partial charge is 0.307 e. The molecule has 0 bridgehead atoms.